The molecule has 1 heterocycles. The highest BCUT2D eigenvalue weighted by Gasteiger charge is 2.14. The highest BCUT2D eigenvalue weighted by atomic mass is 19.1. The number of hydrogen-bond acceptors (Lipinski definition) is 3. The number of nitrogens with zero attached hydrogens (tertiary/aromatic N) is 2. The molecule has 152 valence electrons. The topological polar surface area (TPSA) is 37.6 Å². The van der Waals surface area contributed by atoms with Crippen molar-refractivity contribution in [3.63, 3.8) is 0 Å². The second kappa shape index (κ2) is 10.6. The van der Waals surface area contributed by atoms with E-state index in [9.17, 15) is 9.50 Å². The Kier molecular flexibility index (Phi) is 7.61. The average molecular weight is 394 g/mol. The van der Waals surface area contributed by atoms with Crippen LogP contribution < -0.4 is 4.74 Å². The van der Waals surface area contributed by atoms with E-state index in [0.29, 0.717) is 31.7 Å². The van der Waals surface area contributed by atoms with Crippen LogP contribution in [0, 0.1) is 5.82 Å². The maximum atomic E-state index is 14.0. The highest BCUT2D eigenvalue weighted by Crippen LogP contribution is 2.14. The Balaban J connectivity index is 1.59. The first kappa shape index (κ1) is 20.8. The summed E-state index contributed by atoms with van der Waals surface area (Å²) in [5.41, 5.74) is 1.70. The molecular weight excluding hydrogens is 367 g/mol. The van der Waals surface area contributed by atoms with E-state index in [0.717, 1.165) is 11.4 Å². The van der Waals surface area contributed by atoms with Gasteiger partial charge < -0.3 is 14.4 Å². The molecule has 2 aromatic carbocycles. The molecule has 0 aliphatic carbocycles. The second-order valence-corrected chi connectivity index (χ2v) is 6.98. The van der Waals surface area contributed by atoms with E-state index in [-0.39, 0.29) is 12.4 Å². The molecule has 0 radical (unpaired) electrons. The zero-order valence-electron chi connectivity index (χ0n) is 16.5. The predicted octanol–water partition coefficient (Wildman–Crippen LogP) is 4.10. The number of aromatic nitrogens is 1. The standard InChI is InChI=1S/C24H27FN2O2/c1-2-14-26(18-22(28)19-29-23-11-4-3-5-12-23)17-21-10-8-15-27(21)16-20-9-6-7-13-24(20)25/h2-13,15,22,28H,1,14,16-19H2/t22-/m1/s1. The van der Waals surface area contributed by atoms with E-state index in [2.05, 4.69) is 11.5 Å². The Morgan fingerprint density at radius 1 is 1.07 bits per heavy atom. The van der Waals surface area contributed by atoms with Crippen LogP contribution >= 0.6 is 0 Å². The van der Waals surface area contributed by atoms with Crippen LogP contribution in [0.15, 0.2) is 85.6 Å². The Morgan fingerprint density at radius 3 is 2.59 bits per heavy atom. The summed E-state index contributed by atoms with van der Waals surface area (Å²) >= 11 is 0. The maximum Gasteiger partial charge on any atom is 0.128 e. The first-order valence-electron chi connectivity index (χ1n) is 9.72. The third-order valence-corrected chi connectivity index (χ3v) is 4.65. The molecule has 4 nitrogen and oxygen atoms in total. The molecule has 1 N–H and O–H groups in total. The van der Waals surface area contributed by atoms with E-state index in [1.807, 2.05) is 65.4 Å². The number of aliphatic hydroxyl groups is 1. The quantitative estimate of drug-likeness (QED) is 0.498. The van der Waals surface area contributed by atoms with Crippen molar-refractivity contribution in [3.05, 3.63) is 103 Å². The molecule has 5 heteroatoms. The van der Waals surface area contributed by atoms with Crippen LogP contribution in [0.5, 0.6) is 5.75 Å². The fraction of sp³-hybridized carbons (Fsp3) is 0.250. The average Bonchev–Trinajstić information content (AvgIpc) is 3.16. The van der Waals surface area contributed by atoms with Gasteiger partial charge in [0.05, 0.1) is 6.54 Å². The van der Waals surface area contributed by atoms with E-state index >= 15 is 0 Å². The van der Waals surface area contributed by atoms with Gasteiger partial charge in [0.25, 0.3) is 0 Å². The van der Waals surface area contributed by atoms with Crippen molar-refractivity contribution in [2.45, 2.75) is 19.2 Å². The minimum atomic E-state index is -0.634. The fourth-order valence-corrected chi connectivity index (χ4v) is 3.23. The largest absolute Gasteiger partial charge is 0.491 e. The molecule has 0 aliphatic heterocycles. The van der Waals surface area contributed by atoms with Gasteiger partial charge in [0, 0.05) is 37.1 Å². The molecule has 0 bridgehead atoms. The van der Waals surface area contributed by atoms with Gasteiger partial charge in [0.15, 0.2) is 0 Å². The van der Waals surface area contributed by atoms with Crippen molar-refractivity contribution >= 4 is 0 Å². The molecule has 3 aromatic rings. The van der Waals surface area contributed by atoms with Gasteiger partial charge in [-0.25, -0.2) is 4.39 Å². The third kappa shape index (κ3) is 6.31. The van der Waals surface area contributed by atoms with Crippen LogP contribution in [0.3, 0.4) is 0 Å². The van der Waals surface area contributed by atoms with Crippen LogP contribution in [0.25, 0.3) is 0 Å². The summed E-state index contributed by atoms with van der Waals surface area (Å²) < 4.78 is 21.7. The van der Waals surface area contributed by atoms with Crippen LogP contribution in [0.1, 0.15) is 11.3 Å². The van der Waals surface area contributed by atoms with Crippen molar-refractivity contribution < 1.29 is 14.2 Å². The van der Waals surface area contributed by atoms with Gasteiger partial charge in [-0.2, -0.15) is 0 Å². The first-order valence-corrected chi connectivity index (χ1v) is 9.72. The monoisotopic (exact) mass is 394 g/mol. The van der Waals surface area contributed by atoms with Crippen molar-refractivity contribution in [2.75, 3.05) is 19.7 Å². The normalized spacial score (nSPS) is 12.1. The Morgan fingerprint density at radius 2 is 1.83 bits per heavy atom. The molecule has 0 spiro atoms. The summed E-state index contributed by atoms with van der Waals surface area (Å²) in [6, 6.07) is 20.2. The number of para-hydroxylation sites is 1. The molecule has 1 atom stereocenters. The first-order chi connectivity index (χ1) is 14.2. The molecule has 0 saturated carbocycles. The van der Waals surface area contributed by atoms with Gasteiger partial charge in [-0.3, -0.25) is 4.90 Å². The Bertz CT molecular complexity index is 895. The van der Waals surface area contributed by atoms with Gasteiger partial charge >= 0.3 is 0 Å². The molecule has 0 fully saturated rings. The fourth-order valence-electron chi connectivity index (χ4n) is 3.23. The summed E-state index contributed by atoms with van der Waals surface area (Å²) in [5.74, 6) is 0.532. The maximum absolute atomic E-state index is 14.0. The lowest BCUT2D eigenvalue weighted by atomic mass is 10.2. The molecule has 0 amide bonds. The van der Waals surface area contributed by atoms with E-state index in [1.54, 1.807) is 12.1 Å². The van der Waals surface area contributed by atoms with Gasteiger partial charge in [-0.1, -0.05) is 42.5 Å². The molecular formula is C24H27FN2O2. The predicted molar refractivity (Wildman–Crippen MR) is 113 cm³/mol. The van der Waals surface area contributed by atoms with Crippen LogP contribution in [-0.4, -0.2) is 40.4 Å². The summed E-state index contributed by atoms with van der Waals surface area (Å²) in [4.78, 5) is 2.10. The molecule has 3 rings (SSSR count). The van der Waals surface area contributed by atoms with Crippen LogP contribution in [-0.2, 0) is 13.1 Å². The number of halogens is 1. The summed E-state index contributed by atoms with van der Waals surface area (Å²) in [5, 5.41) is 10.4. The van der Waals surface area contributed by atoms with Gasteiger partial charge in [-0.15, -0.1) is 6.58 Å². The SMILES string of the molecule is C=CCN(Cc1cccn1Cc1ccccc1F)C[C@@H](O)COc1ccccc1. The Labute approximate surface area is 171 Å². The number of rotatable bonds is 11. The van der Waals surface area contributed by atoms with Crippen molar-refractivity contribution in [1.82, 2.24) is 9.47 Å². The summed E-state index contributed by atoms with van der Waals surface area (Å²) in [6.45, 7) is 6.21. The van der Waals surface area contributed by atoms with Gasteiger partial charge in [-0.05, 0) is 30.3 Å². The van der Waals surface area contributed by atoms with E-state index in [1.165, 1.54) is 6.07 Å². The minimum Gasteiger partial charge on any atom is -0.491 e. The summed E-state index contributed by atoms with van der Waals surface area (Å²) in [6.07, 6.45) is 3.13. The van der Waals surface area contributed by atoms with E-state index < -0.39 is 6.10 Å². The van der Waals surface area contributed by atoms with Crippen molar-refractivity contribution in [3.8, 4) is 5.75 Å². The smallest absolute Gasteiger partial charge is 0.128 e. The zero-order valence-corrected chi connectivity index (χ0v) is 16.5. The minimum absolute atomic E-state index is 0.205. The van der Waals surface area contributed by atoms with Gasteiger partial charge in [0.2, 0.25) is 0 Å². The lowest BCUT2D eigenvalue weighted by molar-refractivity contribution is 0.0690. The molecule has 29 heavy (non-hydrogen) atoms. The lowest BCUT2D eigenvalue weighted by Gasteiger charge is -2.24. The highest BCUT2D eigenvalue weighted by molar-refractivity contribution is 5.21. The van der Waals surface area contributed by atoms with Crippen molar-refractivity contribution in [2.24, 2.45) is 0 Å². The van der Waals surface area contributed by atoms with Crippen molar-refractivity contribution in [1.29, 1.82) is 0 Å². The van der Waals surface area contributed by atoms with Gasteiger partial charge in [0.1, 0.15) is 24.3 Å². The zero-order chi connectivity index (χ0) is 20.5. The van der Waals surface area contributed by atoms with E-state index in [4.69, 9.17) is 4.74 Å². The van der Waals surface area contributed by atoms with Crippen LogP contribution in [0.4, 0.5) is 4.39 Å². The Hall–Kier alpha value is -2.89. The number of benzene rings is 2. The number of ether oxygens (including phenoxy) is 1. The number of hydrogen-bond donors (Lipinski definition) is 1. The molecule has 0 saturated heterocycles. The van der Waals surface area contributed by atoms with Crippen LogP contribution in [0.2, 0.25) is 0 Å². The molecule has 0 unspecified atom stereocenters. The molecule has 1 aromatic heterocycles. The number of aliphatic hydroxyl groups excluding tert-OH is 1. The third-order valence-electron chi connectivity index (χ3n) is 4.65. The summed E-state index contributed by atoms with van der Waals surface area (Å²) in [7, 11) is 0. The second-order valence-electron chi connectivity index (χ2n) is 6.98. The molecule has 0 aliphatic rings. The lowest BCUT2D eigenvalue weighted by Crippen LogP contribution is -2.36.